The van der Waals surface area contributed by atoms with Crippen LogP contribution in [0.2, 0.25) is 0 Å². The number of aromatic nitrogens is 3. The van der Waals surface area contributed by atoms with E-state index in [-0.39, 0.29) is 5.91 Å². The van der Waals surface area contributed by atoms with Crippen LogP contribution in [0, 0.1) is 0 Å². The third-order valence-corrected chi connectivity index (χ3v) is 5.85. The smallest absolute Gasteiger partial charge is 0.254 e. The van der Waals surface area contributed by atoms with E-state index in [1.165, 1.54) is 4.70 Å². The first kappa shape index (κ1) is 15.3. The van der Waals surface area contributed by atoms with E-state index in [0.29, 0.717) is 13.1 Å². The molecule has 0 spiro atoms. The SMILES string of the molecule is O=C1c2cccc(-c3cc[nH]n3)c2CN1CCc1nc2ccccc2s1. The predicted octanol–water partition coefficient (Wildman–Crippen LogP) is 3.88. The molecule has 6 heteroatoms. The van der Waals surface area contributed by atoms with Gasteiger partial charge in [-0.2, -0.15) is 5.10 Å². The van der Waals surface area contributed by atoms with Crippen LogP contribution in [0.15, 0.2) is 54.7 Å². The van der Waals surface area contributed by atoms with Crippen LogP contribution in [-0.2, 0) is 13.0 Å². The third kappa shape index (κ3) is 2.50. The van der Waals surface area contributed by atoms with E-state index in [2.05, 4.69) is 21.2 Å². The molecule has 5 nitrogen and oxygen atoms in total. The second-order valence-electron chi connectivity index (χ2n) is 6.34. The van der Waals surface area contributed by atoms with Gasteiger partial charge in [0.05, 0.1) is 20.9 Å². The maximum Gasteiger partial charge on any atom is 0.254 e. The van der Waals surface area contributed by atoms with Crippen molar-refractivity contribution in [2.24, 2.45) is 0 Å². The van der Waals surface area contributed by atoms with Gasteiger partial charge in [0.15, 0.2) is 0 Å². The summed E-state index contributed by atoms with van der Waals surface area (Å²) in [6.07, 6.45) is 2.58. The Balaban J connectivity index is 1.38. The normalized spacial score (nSPS) is 13.5. The highest BCUT2D eigenvalue weighted by atomic mass is 32.1. The van der Waals surface area contributed by atoms with Crippen molar-refractivity contribution in [3.63, 3.8) is 0 Å². The Hall–Kier alpha value is -2.99. The first-order chi connectivity index (χ1) is 12.8. The monoisotopic (exact) mass is 360 g/mol. The molecule has 0 saturated heterocycles. The molecule has 2 aromatic heterocycles. The van der Waals surface area contributed by atoms with Gasteiger partial charge in [-0.05, 0) is 29.8 Å². The molecule has 1 amide bonds. The van der Waals surface area contributed by atoms with E-state index in [0.717, 1.165) is 39.3 Å². The van der Waals surface area contributed by atoms with E-state index in [4.69, 9.17) is 0 Å². The number of amides is 1. The Labute approximate surface area is 154 Å². The molecule has 0 atom stereocenters. The largest absolute Gasteiger partial charge is 0.334 e. The summed E-state index contributed by atoms with van der Waals surface area (Å²) in [5.74, 6) is 0.0958. The molecule has 0 unspecified atom stereocenters. The lowest BCUT2D eigenvalue weighted by Crippen LogP contribution is -2.26. The van der Waals surface area contributed by atoms with Gasteiger partial charge in [-0.3, -0.25) is 9.89 Å². The second-order valence-corrected chi connectivity index (χ2v) is 7.46. The molecular formula is C20H16N4OS. The number of benzene rings is 2. The molecule has 2 aromatic carbocycles. The minimum atomic E-state index is 0.0958. The van der Waals surface area contributed by atoms with Crippen LogP contribution in [-0.4, -0.2) is 32.5 Å². The van der Waals surface area contributed by atoms with Crippen molar-refractivity contribution in [3.8, 4) is 11.3 Å². The van der Waals surface area contributed by atoms with Crippen LogP contribution in [0.25, 0.3) is 21.5 Å². The van der Waals surface area contributed by atoms with Gasteiger partial charge in [-0.1, -0.05) is 24.3 Å². The summed E-state index contributed by atoms with van der Waals surface area (Å²) < 4.78 is 1.19. The number of hydrogen-bond donors (Lipinski definition) is 1. The molecule has 0 bridgehead atoms. The molecule has 26 heavy (non-hydrogen) atoms. The van der Waals surface area contributed by atoms with Crippen molar-refractivity contribution in [3.05, 3.63) is 70.9 Å². The number of H-pyrrole nitrogens is 1. The fourth-order valence-corrected chi connectivity index (χ4v) is 4.43. The molecule has 0 fully saturated rings. The highest BCUT2D eigenvalue weighted by Crippen LogP contribution is 2.32. The van der Waals surface area contributed by atoms with Crippen LogP contribution >= 0.6 is 11.3 Å². The molecule has 3 heterocycles. The first-order valence-corrected chi connectivity index (χ1v) is 9.37. The Morgan fingerprint density at radius 1 is 1.08 bits per heavy atom. The standard InChI is InChI=1S/C20H16N4OS/c25-20-14-5-3-4-13(16-8-10-21-23-16)15(14)12-24(20)11-9-19-22-17-6-1-2-7-18(17)26-19/h1-8,10H,9,11-12H2,(H,21,23). The fraction of sp³-hybridized carbons (Fsp3) is 0.150. The van der Waals surface area contributed by atoms with E-state index < -0.39 is 0 Å². The van der Waals surface area contributed by atoms with Gasteiger partial charge in [0.25, 0.3) is 5.91 Å². The summed E-state index contributed by atoms with van der Waals surface area (Å²) in [7, 11) is 0. The van der Waals surface area contributed by atoms with Gasteiger partial charge in [0.1, 0.15) is 0 Å². The van der Waals surface area contributed by atoms with E-state index in [1.54, 1.807) is 17.5 Å². The Morgan fingerprint density at radius 2 is 1.96 bits per heavy atom. The van der Waals surface area contributed by atoms with Crippen LogP contribution in [0.3, 0.4) is 0 Å². The molecule has 5 rings (SSSR count). The lowest BCUT2D eigenvalue weighted by Gasteiger charge is -2.14. The van der Waals surface area contributed by atoms with E-state index in [9.17, 15) is 4.79 Å². The van der Waals surface area contributed by atoms with Crippen LogP contribution in [0.4, 0.5) is 0 Å². The molecule has 128 valence electrons. The summed E-state index contributed by atoms with van der Waals surface area (Å²) in [4.78, 5) is 19.4. The highest BCUT2D eigenvalue weighted by molar-refractivity contribution is 7.18. The number of thiazole rings is 1. The lowest BCUT2D eigenvalue weighted by atomic mass is 10.0. The number of aromatic amines is 1. The topological polar surface area (TPSA) is 61.9 Å². The van der Waals surface area contributed by atoms with Crippen molar-refractivity contribution in [2.75, 3.05) is 6.54 Å². The van der Waals surface area contributed by atoms with Crippen molar-refractivity contribution in [2.45, 2.75) is 13.0 Å². The van der Waals surface area contributed by atoms with Gasteiger partial charge in [-0.15, -0.1) is 11.3 Å². The Morgan fingerprint density at radius 3 is 2.81 bits per heavy atom. The van der Waals surface area contributed by atoms with Crippen molar-refractivity contribution in [1.82, 2.24) is 20.1 Å². The minimum absolute atomic E-state index is 0.0958. The Kier molecular flexibility index (Phi) is 3.57. The molecular weight excluding hydrogens is 344 g/mol. The number of carbonyl (C=O) groups is 1. The summed E-state index contributed by atoms with van der Waals surface area (Å²) in [5.41, 5.74) is 4.79. The van der Waals surface area contributed by atoms with Gasteiger partial charge >= 0.3 is 0 Å². The van der Waals surface area contributed by atoms with Crippen molar-refractivity contribution < 1.29 is 4.79 Å². The minimum Gasteiger partial charge on any atom is -0.334 e. The summed E-state index contributed by atoms with van der Waals surface area (Å²) in [6, 6.07) is 15.9. The van der Waals surface area contributed by atoms with Gasteiger partial charge in [0, 0.05) is 36.8 Å². The number of nitrogens with zero attached hydrogens (tertiary/aromatic N) is 3. The number of nitrogens with one attached hydrogen (secondary N) is 1. The molecule has 0 aliphatic carbocycles. The van der Waals surface area contributed by atoms with Gasteiger partial charge in [-0.25, -0.2) is 4.98 Å². The number of para-hydroxylation sites is 1. The average Bonchev–Trinajstić information content (AvgIpc) is 3.39. The van der Waals surface area contributed by atoms with Crippen LogP contribution in [0.1, 0.15) is 20.9 Å². The van der Waals surface area contributed by atoms with Crippen LogP contribution in [0.5, 0.6) is 0 Å². The third-order valence-electron chi connectivity index (χ3n) is 4.75. The summed E-state index contributed by atoms with van der Waals surface area (Å²) in [5, 5.41) is 8.19. The summed E-state index contributed by atoms with van der Waals surface area (Å²) >= 11 is 1.70. The summed E-state index contributed by atoms with van der Waals surface area (Å²) in [6.45, 7) is 1.30. The number of rotatable bonds is 4. The fourth-order valence-electron chi connectivity index (χ4n) is 3.48. The molecule has 1 aliphatic heterocycles. The van der Waals surface area contributed by atoms with Crippen LogP contribution < -0.4 is 0 Å². The maximum atomic E-state index is 12.8. The van der Waals surface area contributed by atoms with Gasteiger partial charge < -0.3 is 4.90 Å². The molecule has 4 aromatic rings. The second kappa shape index (κ2) is 6.07. The van der Waals surface area contributed by atoms with E-state index >= 15 is 0 Å². The highest BCUT2D eigenvalue weighted by Gasteiger charge is 2.29. The van der Waals surface area contributed by atoms with Crippen molar-refractivity contribution >= 4 is 27.5 Å². The predicted molar refractivity (Wildman–Crippen MR) is 102 cm³/mol. The molecule has 0 radical (unpaired) electrons. The zero-order valence-corrected chi connectivity index (χ0v) is 14.8. The number of fused-ring (bicyclic) bond motifs is 2. The maximum absolute atomic E-state index is 12.8. The van der Waals surface area contributed by atoms with E-state index in [1.807, 2.05) is 47.4 Å². The van der Waals surface area contributed by atoms with Gasteiger partial charge in [0.2, 0.25) is 0 Å². The zero-order chi connectivity index (χ0) is 17.5. The molecule has 1 aliphatic rings. The average molecular weight is 360 g/mol. The molecule has 1 N–H and O–H groups in total. The molecule has 0 saturated carbocycles. The zero-order valence-electron chi connectivity index (χ0n) is 14.0. The first-order valence-electron chi connectivity index (χ1n) is 8.55. The quantitative estimate of drug-likeness (QED) is 0.601. The number of hydrogen-bond acceptors (Lipinski definition) is 4. The Bertz CT molecular complexity index is 1070. The lowest BCUT2D eigenvalue weighted by molar-refractivity contribution is 0.0780. The number of carbonyl (C=O) groups excluding carboxylic acids is 1. The van der Waals surface area contributed by atoms with Crippen molar-refractivity contribution in [1.29, 1.82) is 0 Å².